The Bertz CT molecular complexity index is 569. The highest BCUT2D eigenvalue weighted by Crippen LogP contribution is 2.22. The van der Waals surface area contributed by atoms with Crippen molar-refractivity contribution in [3.63, 3.8) is 0 Å². The molecule has 1 N–H and O–H groups in total. The summed E-state index contributed by atoms with van der Waals surface area (Å²) in [5.41, 5.74) is 3.14. The molecule has 2 aromatic rings. The first kappa shape index (κ1) is 14.8. The highest BCUT2D eigenvalue weighted by atomic mass is 35.5. The second-order valence-electron chi connectivity index (χ2n) is 4.79. The van der Waals surface area contributed by atoms with Crippen LogP contribution in [0.2, 0.25) is 5.02 Å². The summed E-state index contributed by atoms with van der Waals surface area (Å²) < 4.78 is 13.3. The van der Waals surface area contributed by atoms with Gasteiger partial charge in [0, 0.05) is 30.8 Å². The maximum Gasteiger partial charge on any atom is 0.123 e. The molecule has 0 spiro atoms. The van der Waals surface area contributed by atoms with Crippen LogP contribution in [0.5, 0.6) is 0 Å². The molecule has 0 aliphatic rings. The summed E-state index contributed by atoms with van der Waals surface area (Å²) in [4.78, 5) is 2.11. The van der Waals surface area contributed by atoms with E-state index in [2.05, 4.69) is 10.2 Å². The van der Waals surface area contributed by atoms with Crippen molar-refractivity contribution in [3.05, 3.63) is 64.4 Å². The minimum absolute atomic E-state index is 0.209. The quantitative estimate of drug-likeness (QED) is 0.901. The van der Waals surface area contributed by atoms with Crippen LogP contribution in [0.4, 0.5) is 10.1 Å². The molecule has 0 atom stereocenters. The molecule has 0 saturated carbocycles. The summed E-state index contributed by atoms with van der Waals surface area (Å²) in [6, 6.07) is 12.6. The van der Waals surface area contributed by atoms with Crippen molar-refractivity contribution < 1.29 is 4.39 Å². The molecule has 0 fully saturated rings. The highest BCUT2D eigenvalue weighted by molar-refractivity contribution is 6.30. The van der Waals surface area contributed by atoms with Crippen molar-refractivity contribution in [1.29, 1.82) is 0 Å². The van der Waals surface area contributed by atoms with Gasteiger partial charge in [0.1, 0.15) is 5.82 Å². The summed E-state index contributed by atoms with van der Waals surface area (Å²) in [5, 5.41) is 3.80. The number of nitrogens with one attached hydrogen (secondary N) is 1. The fraction of sp³-hybridized carbons (Fsp3) is 0.250. The zero-order valence-electron chi connectivity index (χ0n) is 11.7. The van der Waals surface area contributed by atoms with Gasteiger partial charge in [-0.15, -0.1) is 0 Å². The van der Waals surface area contributed by atoms with Crippen LogP contribution in [-0.2, 0) is 13.1 Å². The maximum absolute atomic E-state index is 13.3. The van der Waals surface area contributed by atoms with E-state index in [4.69, 9.17) is 11.6 Å². The van der Waals surface area contributed by atoms with Gasteiger partial charge in [0.25, 0.3) is 0 Å². The van der Waals surface area contributed by atoms with E-state index < -0.39 is 0 Å². The first-order chi connectivity index (χ1) is 9.60. The van der Waals surface area contributed by atoms with Gasteiger partial charge < -0.3 is 10.2 Å². The molecule has 0 bridgehead atoms. The highest BCUT2D eigenvalue weighted by Gasteiger charge is 2.09. The van der Waals surface area contributed by atoms with Gasteiger partial charge in [-0.1, -0.05) is 23.7 Å². The number of benzene rings is 2. The lowest BCUT2D eigenvalue weighted by atomic mass is 10.1. The summed E-state index contributed by atoms with van der Waals surface area (Å²) in [6.45, 7) is 1.39. The number of halogens is 2. The Hall–Kier alpha value is -1.58. The molecule has 0 aliphatic heterocycles. The smallest absolute Gasteiger partial charge is 0.123 e. The second kappa shape index (κ2) is 6.73. The van der Waals surface area contributed by atoms with Crippen molar-refractivity contribution in [2.75, 3.05) is 19.0 Å². The number of rotatable bonds is 5. The average molecular weight is 293 g/mol. The molecule has 2 rings (SSSR count). The topological polar surface area (TPSA) is 15.3 Å². The Balaban J connectivity index is 2.19. The lowest BCUT2D eigenvalue weighted by Crippen LogP contribution is -2.19. The van der Waals surface area contributed by atoms with E-state index in [0.717, 1.165) is 28.4 Å². The van der Waals surface area contributed by atoms with Crippen molar-refractivity contribution in [3.8, 4) is 0 Å². The molecule has 4 heteroatoms. The molecule has 0 aromatic heterocycles. The molecule has 0 saturated heterocycles. The lowest BCUT2D eigenvalue weighted by molar-refractivity contribution is 0.623. The number of hydrogen-bond donors (Lipinski definition) is 1. The van der Waals surface area contributed by atoms with E-state index in [-0.39, 0.29) is 5.82 Å². The van der Waals surface area contributed by atoms with Crippen LogP contribution in [-0.4, -0.2) is 14.1 Å². The summed E-state index contributed by atoms with van der Waals surface area (Å²) in [5.74, 6) is -0.209. The molecule has 2 aromatic carbocycles. The number of anilines is 1. The molecule has 0 radical (unpaired) electrons. The zero-order valence-corrected chi connectivity index (χ0v) is 12.4. The molecule has 20 heavy (non-hydrogen) atoms. The van der Waals surface area contributed by atoms with E-state index in [1.54, 1.807) is 6.07 Å². The van der Waals surface area contributed by atoms with Crippen LogP contribution in [0.3, 0.4) is 0 Å². The van der Waals surface area contributed by atoms with E-state index in [0.29, 0.717) is 6.54 Å². The monoisotopic (exact) mass is 292 g/mol. The van der Waals surface area contributed by atoms with Gasteiger partial charge in [0.2, 0.25) is 0 Å². The van der Waals surface area contributed by atoms with Gasteiger partial charge in [-0.3, -0.25) is 0 Å². The Kier molecular flexibility index (Phi) is 4.99. The Morgan fingerprint density at radius 3 is 2.50 bits per heavy atom. The first-order valence-corrected chi connectivity index (χ1v) is 6.86. The fourth-order valence-corrected chi connectivity index (χ4v) is 2.33. The van der Waals surface area contributed by atoms with Crippen LogP contribution in [0.1, 0.15) is 11.1 Å². The fourth-order valence-electron chi connectivity index (χ4n) is 2.21. The van der Waals surface area contributed by atoms with E-state index in [1.165, 1.54) is 6.07 Å². The minimum Gasteiger partial charge on any atom is -0.370 e. The summed E-state index contributed by atoms with van der Waals surface area (Å²) in [6.07, 6.45) is 0. The number of nitrogens with zero attached hydrogens (tertiary/aromatic N) is 1. The van der Waals surface area contributed by atoms with Gasteiger partial charge in [-0.05, 0) is 48.5 Å². The van der Waals surface area contributed by atoms with Crippen LogP contribution >= 0.6 is 11.6 Å². The normalized spacial score (nSPS) is 10.6. The third-order valence-corrected chi connectivity index (χ3v) is 3.40. The first-order valence-electron chi connectivity index (χ1n) is 6.49. The van der Waals surface area contributed by atoms with Crippen LogP contribution in [0.15, 0.2) is 42.5 Å². The van der Waals surface area contributed by atoms with Gasteiger partial charge in [0.05, 0.1) is 0 Å². The third-order valence-electron chi connectivity index (χ3n) is 3.15. The molecule has 0 unspecified atom stereocenters. The predicted molar refractivity (Wildman–Crippen MR) is 82.7 cm³/mol. The molecule has 106 valence electrons. The van der Waals surface area contributed by atoms with Gasteiger partial charge >= 0.3 is 0 Å². The Labute approximate surface area is 124 Å². The number of hydrogen-bond acceptors (Lipinski definition) is 2. The van der Waals surface area contributed by atoms with Crippen molar-refractivity contribution in [2.45, 2.75) is 13.1 Å². The van der Waals surface area contributed by atoms with Gasteiger partial charge in [-0.25, -0.2) is 4.39 Å². The Morgan fingerprint density at radius 1 is 1.15 bits per heavy atom. The summed E-state index contributed by atoms with van der Waals surface area (Å²) >= 11 is 5.89. The van der Waals surface area contributed by atoms with E-state index >= 15 is 0 Å². The largest absolute Gasteiger partial charge is 0.370 e. The van der Waals surface area contributed by atoms with Gasteiger partial charge in [0.15, 0.2) is 0 Å². The molecule has 2 nitrogen and oxygen atoms in total. The molecular formula is C16H18ClFN2. The third kappa shape index (κ3) is 3.71. The zero-order chi connectivity index (χ0) is 14.5. The average Bonchev–Trinajstić information content (AvgIpc) is 2.42. The van der Waals surface area contributed by atoms with Crippen LogP contribution < -0.4 is 10.2 Å². The molecule has 0 amide bonds. The predicted octanol–water partition coefficient (Wildman–Crippen LogP) is 3.83. The second-order valence-corrected chi connectivity index (χ2v) is 5.22. The van der Waals surface area contributed by atoms with Crippen molar-refractivity contribution in [2.24, 2.45) is 0 Å². The standard InChI is InChI=1S/C16H18ClFN2/c1-19-10-13-9-15(18)7-8-16(13)20(2)11-12-3-5-14(17)6-4-12/h3-9,19H,10-11H2,1-2H3. The maximum atomic E-state index is 13.3. The molecule has 0 aliphatic carbocycles. The minimum atomic E-state index is -0.209. The van der Waals surface area contributed by atoms with E-state index in [1.807, 2.05) is 44.4 Å². The van der Waals surface area contributed by atoms with Crippen molar-refractivity contribution >= 4 is 17.3 Å². The molecule has 0 heterocycles. The molecular weight excluding hydrogens is 275 g/mol. The summed E-state index contributed by atoms with van der Waals surface area (Å²) in [7, 11) is 3.86. The SMILES string of the molecule is CNCc1cc(F)ccc1N(C)Cc1ccc(Cl)cc1. The van der Waals surface area contributed by atoms with Crippen LogP contribution in [0, 0.1) is 5.82 Å². The van der Waals surface area contributed by atoms with E-state index in [9.17, 15) is 4.39 Å². The Morgan fingerprint density at radius 2 is 1.85 bits per heavy atom. The lowest BCUT2D eigenvalue weighted by Gasteiger charge is -2.23. The van der Waals surface area contributed by atoms with Crippen molar-refractivity contribution in [1.82, 2.24) is 5.32 Å². The van der Waals surface area contributed by atoms with Gasteiger partial charge in [-0.2, -0.15) is 0 Å². The van der Waals surface area contributed by atoms with Crippen LogP contribution in [0.25, 0.3) is 0 Å².